The first-order valence-corrected chi connectivity index (χ1v) is 6.91. The lowest BCUT2D eigenvalue weighted by atomic mass is 10.1. The third-order valence-electron chi connectivity index (χ3n) is 2.90. The second kappa shape index (κ2) is 6.24. The van der Waals surface area contributed by atoms with Crippen LogP contribution >= 0.6 is 23.2 Å². The molecule has 2 aromatic carbocycles. The van der Waals surface area contributed by atoms with Crippen molar-refractivity contribution in [2.24, 2.45) is 0 Å². The summed E-state index contributed by atoms with van der Waals surface area (Å²) in [6, 6.07) is 9.96. The average Bonchev–Trinajstić information content (AvgIpc) is 2.44. The van der Waals surface area contributed by atoms with Gasteiger partial charge in [0.25, 0.3) is 5.91 Å². The predicted molar refractivity (Wildman–Crippen MR) is 86.8 cm³/mol. The molecule has 21 heavy (non-hydrogen) atoms. The quantitative estimate of drug-likeness (QED) is 0.838. The smallest absolute Gasteiger partial charge is 0.255 e. The van der Waals surface area contributed by atoms with Gasteiger partial charge in [-0.1, -0.05) is 29.3 Å². The summed E-state index contributed by atoms with van der Waals surface area (Å²) >= 11 is 11.7. The molecule has 2 rings (SSSR count). The van der Waals surface area contributed by atoms with Crippen molar-refractivity contribution < 1.29 is 9.90 Å². The Labute approximate surface area is 132 Å². The monoisotopic (exact) mass is 324 g/mol. The number of phenolic OH excluding ortho intramolecular Hbond substituents is 1. The van der Waals surface area contributed by atoms with Gasteiger partial charge in [-0.15, -0.1) is 0 Å². The van der Waals surface area contributed by atoms with Gasteiger partial charge >= 0.3 is 0 Å². The van der Waals surface area contributed by atoms with E-state index in [-0.39, 0.29) is 22.4 Å². The molecule has 2 N–H and O–H groups in total. The number of hydrogen-bond donors (Lipinski definition) is 2. The second-order valence-corrected chi connectivity index (χ2v) is 5.53. The van der Waals surface area contributed by atoms with Crippen LogP contribution in [0, 0.1) is 0 Å². The minimum atomic E-state index is -0.354. The van der Waals surface area contributed by atoms with Crippen LogP contribution in [0.4, 0.5) is 11.4 Å². The van der Waals surface area contributed by atoms with Crippen molar-refractivity contribution in [3.05, 3.63) is 52.0 Å². The highest BCUT2D eigenvalue weighted by molar-refractivity contribution is 6.36. The SMILES string of the molecule is CN(C)c1cccc(C(=O)Nc2cc(Cl)cc(Cl)c2O)c1. The van der Waals surface area contributed by atoms with Crippen LogP contribution in [0.1, 0.15) is 10.4 Å². The summed E-state index contributed by atoms with van der Waals surface area (Å²) in [6.07, 6.45) is 0. The first-order chi connectivity index (χ1) is 9.88. The van der Waals surface area contributed by atoms with Crippen molar-refractivity contribution in [3.63, 3.8) is 0 Å². The highest BCUT2D eigenvalue weighted by atomic mass is 35.5. The Morgan fingerprint density at radius 1 is 1.19 bits per heavy atom. The Balaban J connectivity index is 2.28. The number of carbonyl (C=O) groups is 1. The zero-order valence-electron chi connectivity index (χ0n) is 11.5. The van der Waals surface area contributed by atoms with Gasteiger partial charge in [-0.2, -0.15) is 0 Å². The van der Waals surface area contributed by atoms with E-state index in [1.165, 1.54) is 12.1 Å². The molecule has 1 amide bonds. The molecule has 110 valence electrons. The molecule has 0 aliphatic rings. The van der Waals surface area contributed by atoms with Crippen molar-refractivity contribution >= 4 is 40.5 Å². The van der Waals surface area contributed by atoms with Crippen LogP contribution < -0.4 is 10.2 Å². The number of halogens is 2. The number of aromatic hydroxyl groups is 1. The van der Waals surface area contributed by atoms with Gasteiger partial charge in [0.05, 0.1) is 10.7 Å². The lowest BCUT2D eigenvalue weighted by molar-refractivity contribution is 0.102. The van der Waals surface area contributed by atoms with Crippen LogP contribution in [-0.2, 0) is 0 Å². The van der Waals surface area contributed by atoms with E-state index in [2.05, 4.69) is 5.32 Å². The number of nitrogens with zero attached hydrogens (tertiary/aromatic N) is 1. The van der Waals surface area contributed by atoms with Crippen molar-refractivity contribution in [2.45, 2.75) is 0 Å². The van der Waals surface area contributed by atoms with Crippen molar-refractivity contribution in [2.75, 3.05) is 24.3 Å². The molecule has 2 aromatic rings. The van der Waals surface area contributed by atoms with E-state index in [1.807, 2.05) is 25.1 Å². The number of rotatable bonds is 3. The van der Waals surface area contributed by atoms with Gasteiger partial charge in [-0.05, 0) is 30.3 Å². The van der Waals surface area contributed by atoms with E-state index < -0.39 is 0 Å². The summed E-state index contributed by atoms with van der Waals surface area (Å²) in [4.78, 5) is 14.1. The summed E-state index contributed by atoms with van der Waals surface area (Å²) in [7, 11) is 3.78. The van der Waals surface area contributed by atoms with Gasteiger partial charge in [-0.3, -0.25) is 4.79 Å². The molecular weight excluding hydrogens is 311 g/mol. The maximum absolute atomic E-state index is 12.2. The van der Waals surface area contributed by atoms with E-state index >= 15 is 0 Å². The summed E-state index contributed by atoms with van der Waals surface area (Å²) in [6.45, 7) is 0. The fourth-order valence-electron chi connectivity index (χ4n) is 1.78. The van der Waals surface area contributed by atoms with Crippen LogP contribution in [0.3, 0.4) is 0 Å². The van der Waals surface area contributed by atoms with Crippen molar-refractivity contribution in [1.82, 2.24) is 0 Å². The molecule has 0 fully saturated rings. The maximum Gasteiger partial charge on any atom is 0.255 e. The zero-order valence-corrected chi connectivity index (χ0v) is 13.0. The Morgan fingerprint density at radius 2 is 1.90 bits per heavy atom. The number of nitrogens with one attached hydrogen (secondary N) is 1. The van der Waals surface area contributed by atoms with Crippen molar-refractivity contribution in [3.8, 4) is 5.75 Å². The highest BCUT2D eigenvalue weighted by Gasteiger charge is 2.13. The minimum absolute atomic E-state index is 0.0832. The van der Waals surface area contributed by atoms with Crippen LogP contribution in [0.25, 0.3) is 0 Å². The van der Waals surface area contributed by atoms with Gasteiger partial charge < -0.3 is 15.3 Å². The molecule has 0 atom stereocenters. The molecule has 0 bridgehead atoms. The molecule has 0 aromatic heterocycles. The number of phenols is 1. The van der Waals surface area contributed by atoms with Crippen LogP contribution in [0.15, 0.2) is 36.4 Å². The van der Waals surface area contributed by atoms with E-state index in [0.717, 1.165) is 5.69 Å². The van der Waals surface area contributed by atoms with Gasteiger partial charge in [0, 0.05) is 30.4 Å². The first kappa shape index (κ1) is 15.5. The normalized spacial score (nSPS) is 10.3. The fourth-order valence-corrected chi connectivity index (χ4v) is 2.27. The number of amides is 1. The largest absolute Gasteiger partial charge is 0.504 e. The Bertz CT molecular complexity index is 687. The third-order valence-corrected chi connectivity index (χ3v) is 3.41. The molecule has 0 heterocycles. The lowest BCUT2D eigenvalue weighted by Gasteiger charge is -2.14. The number of hydrogen-bond acceptors (Lipinski definition) is 3. The van der Waals surface area contributed by atoms with Crippen LogP contribution in [-0.4, -0.2) is 25.1 Å². The molecule has 0 saturated heterocycles. The van der Waals surface area contributed by atoms with Gasteiger partial charge in [-0.25, -0.2) is 0 Å². The summed E-state index contributed by atoms with van der Waals surface area (Å²) in [5.74, 6) is -0.564. The van der Waals surface area contributed by atoms with Gasteiger partial charge in [0.15, 0.2) is 5.75 Å². The summed E-state index contributed by atoms with van der Waals surface area (Å²) in [5, 5.41) is 12.9. The number of anilines is 2. The molecule has 0 aliphatic carbocycles. The summed E-state index contributed by atoms with van der Waals surface area (Å²) < 4.78 is 0. The Hall–Kier alpha value is -1.91. The maximum atomic E-state index is 12.2. The molecule has 0 radical (unpaired) electrons. The van der Waals surface area contributed by atoms with E-state index in [9.17, 15) is 9.90 Å². The Morgan fingerprint density at radius 3 is 2.57 bits per heavy atom. The van der Waals surface area contributed by atoms with Crippen molar-refractivity contribution in [1.29, 1.82) is 0 Å². The van der Waals surface area contributed by atoms with Gasteiger partial charge in [0.1, 0.15) is 0 Å². The molecule has 4 nitrogen and oxygen atoms in total. The van der Waals surface area contributed by atoms with E-state index in [1.54, 1.807) is 18.2 Å². The first-order valence-electron chi connectivity index (χ1n) is 6.15. The molecule has 0 saturated carbocycles. The van der Waals surface area contributed by atoms with Crippen LogP contribution in [0.2, 0.25) is 10.0 Å². The summed E-state index contributed by atoms with van der Waals surface area (Å²) in [5.41, 5.74) is 1.54. The van der Waals surface area contributed by atoms with Crippen LogP contribution in [0.5, 0.6) is 5.75 Å². The minimum Gasteiger partial charge on any atom is -0.504 e. The molecule has 0 unspecified atom stereocenters. The lowest BCUT2D eigenvalue weighted by Crippen LogP contribution is -2.14. The third kappa shape index (κ3) is 3.60. The molecule has 6 heteroatoms. The fraction of sp³-hybridized carbons (Fsp3) is 0.133. The topological polar surface area (TPSA) is 52.6 Å². The predicted octanol–water partition coefficient (Wildman–Crippen LogP) is 4.02. The van der Waals surface area contributed by atoms with E-state index in [0.29, 0.717) is 10.6 Å². The number of carbonyl (C=O) groups excluding carboxylic acids is 1. The average molecular weight is 325 g/mol. The van der Waals surface area contributed by atoms with E-state index in [4.69, 9.17) is 23.2 Å². The standard InChI is InChI=1S/C15H14Cl2N2O2/c1-19(2)11-5-3-4-9(6-11)15(21)18-13-8-10(16)7-12(17)14(13)20/h3-8,20H,1-2H3,(H,18,21). The molecule has 0 spiro atoms. The highest BCUT2D eigenvalue weighted by Crippen LogP contribution is 2.35. The number of benzene rings is 2. The zero-order chi connectivity index (χ0) is 15.6. The second-order valence-electron chi connectivity index (χ2n) is 4.68. The van der Waals surface area contributed by atoms with Gasteiger partial charge in [0.2, 0.25) is 0 Å². The Kier molecular flexibility index (Phi) is 4.60. The molecule has 0 aliphatic heterocycles. The molecular formula is C15H14Cl2N2O2.